The first-order chi connectivity index (χ1) is 6.56. The van der Waals surface area contributed by atoms with E-state index in [-0.39, 0.29) is 11.9 Å². The first-order valence-corrected chi connectivity index (χ1v) is 4.96. The smallest absolute Gasteiger partial charge is 0.319 e. The summed E-state index contributed by atoms with van der Waals surface area (Å²) >= 11 is 0. The van der Waals surface area contributed by atoms with Crippen molar-refractivity contribution in [3.8, 4) is 6.07 Å². The number of urea groups is 1. The molecule has 1 unspecified atom stereocenters. The zero-order valence-corrected chi connectivity index (χ0v) is 9.45. The van der Waals surface area contributed by atoms with Gasteiger partial charge in [0.15, 0.2) is 0 Å². The Morgan fingerprint density at radius 3 is 2.36 bits per heavy atom. The third-order valence-corrected chi connectivity index (χ3v) is 2.17. The molecule has 0 spiro atoms. The van der Waals surface area contributed by atoms with Crippen LogP contribution in [0.1, 0.15) is 20.8 Å². The van der Waals surface area contributed by atoms with Crippen molar-refractivity contribution < 1.29 is 4.79 Å². The van der Waals surface area contributed by atoms with Crippen LogP contribution in [0.25, 0.3) is 0 Å². The van der Waals surface area contributed by atoms with Gasteiger partial charge in [0, 0.05) is 26.7 Å². The summed E-state index contributed by atoms with van der Waals surface area (Å²) in [5.41, 5.74) is 0. The van der Waals surface area contributed by atoms with E-state index >= 15 is 0 Å². The number of nitrogens with zero attached hydrogens (tertiary/aromatic N) is 3. The minimum atomic E-state index is -0.107. The molecule has 0 N–H and O–H groups in total. The molecular formula is C10H19N3O. The van der Waals surface area contributed by atoms with Crippen LogP contribution in [0, 0.1) is 17.2 Å². The summed E-state index contributed by atoms with van der Waals surface area (Å²) in [6.07, 6.45) is 0. The van der Waals surface area contributed by atoms with E-state index in [0.29, 0.717) is 19.6 Å². The lowest BCUT2D eigenvalue weighted by Gasteiger charge is -2.27. The molecule has 2 amide bonds. The second-order valence-corrected chi connectivity index (χ2v) is 3.37. The summed E-state index contributed by atoms with van der Waals surface area (Å²) in [5, 5.41) is 8.66. The summed E-state index contributed by atoms with van der Waals surface area (Å²) in [4.78, 5) is 15.0. The molecular weight excluding hydrogens is 178 g/mol. The molecule has 0 radical (unpaired) electrons. The van der Waals surface area contributed by atoms with E-state index in [1.54, 1.807) is 16.8 Å². The van der Waals surface area contributed by atoms with Gasteiger partial charge in [0.05, 0.1) is 12.0 Å². The summed E-state index contributed by atoms with van der Waals surface area (Å²) in [6, 6.07) is 2.13. The zero-order valence-electron chi connectivity index (χ0n) is 9.45. The lowest BCUT2D eigenvalue weighted by molar-refractivity contribution is 0.163. The van der Waals surface area contributed by atoms with E-state index < -0.39 is 0 Å². The van der Waals surface area contributed by atoms with Crippen molar-refractivity contribution in [1.29, 1.82) is 5.26 Å². The molecule has 1 atom stereocenters. The molecule has 0 heterocycles. The van der Waals surface area contributed by atoms with Crippen molar-refractivity contribution in [3.63, 3.8) is 0 Å². The van der Waals surface area contributed by atoms with Crippen LogP contribution in [0.15, 0.2) is 0 Å². The number of hydrogen-bond acceptors (Lipinski definition) is 2. The molecule has 0 bridgehead atoms. The van der Waals surface area contributed by atoms with Crippen LogP contribution >= 0.6 is 0 Å². The highest BCUT2D eigenvalue weighted by atomic mass is 16.2. The highest BCUT2D eigenvalue weighted by Gasteiger charge is 2.16. The topological polar surface area (TPSA) is 47.3 Å². The van der Waals surface area contributed by atoms with Crippen LogP contribution < -0.4 is 0 Å². The van der Waals surface area contributed by atoms with Crippen LogP contribution in [0.5, 0.6) is 0 Å². The molecule has 0 rings (SSSR count). The molecule has 80 valence electrons. The first-order valence-electron chi connectivity index (χ1n) is 4.96. The molecule has 0 saturated heterocycles. The van der Waals surface area contributed by atoms with E-state index in [1.165, 1.54) is 0 Å². The van der Waals surface area contributed by atoms with Gasteiger partial charge >= 0.3 is 6.03 Å². The monoisotopic (exact) mass is 197 g/mol. The number of rotatable bonds is 4. The third kappa shape index (κ3) is 3.65. The van der Waals surface area contributed by atoms with Crippen LogP contribution in [0.4, 0.5) is 4.79 Å². The fraction of sp³-hybridized carbons (Fsp3) is 0.800. The third-order valence-electron chi connectivity index (χ3n) is 2.17. The number of carbonyl (C=O) groups excluding carboxylic acids is 1. The lowest BCUT2D eigenvalue weighted by atomic mass is 10.2. The van der Waals surface area contributed by atoms with Crippen molar-refractivity contribution in [2.45, 2.75) is 20.8 Å². The molecule has 0 saturated carbocycles. The summed E-state index contributed by atoms with van der Waals surface area (Å²) in [7, 11) is 1.77. The average molecular weight is 197 g/mol. The fourth-order valence-corrected chi connectivity index (χ4v) is 1.09. The Kier molecular flexibility index (Phi) is 5.70. The SMILES string of the molecule is CCN(C)C(=O)N(CC)CC(C)C#N. The molecule has 0 aromatic carbocycles. The van der Waals surface area contributed by atoms with Gasteiger partial charge in [0.1, 0.15) is 0 Å². The second kappa shape index (κ2) is 6.25. The number of amides is 2. The van der Waals surface area contributed by atoms with E-state index in [0.717, 1.165) is 0 Å². The van der Waals surface area contributed by atoms with Gasteiger partial charge in [0.25, 0.3) is 0 Å². The molecule has 0 fully saturated rings. The maximum absolute atomic E-state index is 11.7. The van der Waals surface area contributed by atoms with E-state index in [4.69, 9.17) is 5.26 Å². The van der Waals surface area contributed by atoms with E-state index in [9.17, 15) is 4.79 Å². The Morgan fingerprint density at radius 2 is 2.00 bits per heavy atom. The Bertz CT molecular complexity index is 222. The molecule has 0 aliphatic heterocycles. The minimum absolute atomic E-state index is 0.00269. The highest BCUT2D eigenvalue weighted by molar-refractivity contribution is 5.74. The summed E-state index contributed by atoms with van der Waals surface area (Å²) < 4.78 is 0. The van der Waals surface area contributed by atoms with Crippen molar-refractivity contribution in [2.75, 3.05) is 26.7 Å². The van der Waals surface area contributed by atoms with Gasteiger partial charge in [-0.05, 0) is 20.8 Å². The maximum atomic E-state index is 11.7. The van der Waals surface area contributed by atoms with Crippen LogP contribution in [0.3, 0.4) is 0 Å². The standard InChI is InChI=1S/C10H19N3O/c1-5-12(4)10(14)13(6-2)8-9(3)7-11/h9H,5-6,8H2,1-4H3. The van der Waals surface area contributed by atoms with Crippen molar-refractivity contribution in [3.05, 3.63) is 0 Å². The minimum Gasteiger partial charge on any atom is -0.328 e. The predicted molar refractivity (Wildman–Crippen MR) is 55.7 cm³/mol. The van der Waals surface area contributed by atoms with Gasteiger partial charge in [-0.25, -0.2) is 4.79 Å². The predicted octanol–water partition coefficient (Wildman–Crippen LogP) is 1.54. The zero-order chi connectivity index (χ0) is 11.1. The van der Waals surface area contributed by atoms with Gasteiger partial charge < -0.3 is 9.80 Å². The number of hydrogen-bond donors (Lipinski definition) is 0. The number of nitriles is 1. The van der Waals surface area contributed by atoms with Crippen LogP contribution in [-0.2, 0) is 0 Å². The highest BCUT2D eigenvalue weighted by Crippen LogP contribution is 2.02. The Morgan fingerprint density at radius 1 is 1.43 bits per heavy atom. The largest absolute Gasteiger partial charge is 0.328 e. The second-order valence-electron chi connectivity index (χ2n) is 3.37. The average Bonchev–Trinajstić information content (AvgIpc) is 2.23. The van der Waals surface area contributed by atoms with Crippen molar-refractivity contribution >= 4 is 6.03 Å². The van der Waals surface area contributed by atoms with Crippen LogP contribution in [-0.4, -0.2) is 42.5 Å². The van der Waals surface area contributed by atoms with Crippen molar-refractivity contribution in [1.82, 2.24) is 9.80 Å². The Balaban J connectivity index is 4.27. The molecule has 14 heavy (non-hydrogen) atoms. The van der Waals surface area contributed by atoms with Gasteiger partial charge in [-0.15, -0.1) is 0 Å². The molecule has 0 aromatic rings. The molecule has 4 nitrogen and oxygen atoms in total. The Hall–Kier alpha value is -1.24. The van der Waals surface area contributed by atoms with Gasteiger partial charge in [0.2, 0.25) is 0 Å². The molecule has 0 aliphatic rings. The first kappa shape index (κ1) is 12.8. The maximum Gasteiger partial charge on any atom is 0.319 e. The fourth-order valence-electron chi connectivity index (χ4n) is 1.09. The molecule has 0 aliphatic carbocycles. The van der Waals surface area contributed by atoms with Crippen molar-refractivity contribution in [2.24, 2.45) is 5.92 Å². The molecule has 4 heteroatoms. The van der Waals surface area contributed by atoms with Gasteiger partial charge in [-0.1, -0.05) is 0 Å². The summed E-state index contributed by atoms with van der Waals surface area (Å²) in [6.45, 7) is 7.52. The summed E-state index contributed by atoms with van der Waals surface area (Å²) in [5.74, 6) is -0.107. The number of carbonyl (C=O) groups is 1. The van der Waals surface area contributed by atoms with E-state index in [2.05, 4.69) is 6.07 Å². The lowest BCUT2D eigenvalue weighted by Crippen LogP contribution is -2.42. The van der Waals surface area contributed by atoms with E-state index in [1.807, 2.05) is 20.8 Å². The van der Waals surface area contributed by atoms with Gasteiger partial charge in [-0.2, -0.15) is 5.26 Å². The molecule has 0 aromatic heterocycles. The quantitative estimate of drug-likeness (QED) is 0.686. The van der Waals surface area contributed by atoms with Crippen LogP contribution in [0.2, 0.25) is 0 Å². The normalized spacial score (nSPS) is 11.6. The Labute approximate surface area is 86.1 Å². The van der Waals surface area contributed by atoms with Gasteiger partial charge in [-0.3, -0.25) is 0 Å².